The van der Waals surface area contributed by atoms with Crippen molar-refractivity contribution in [3.8, 4) is 22.6 Å². The van der Waals surface area contributed by atoms with Gasteiger partial charge in [-0.05, 0) is 65.8 Å². The van der Waals surface area contributed by atoms with Crippen molar-refractivity contribution in [2.24, 2.45) is 0 Å². The molecule has 1 heterocycles. The molecule has 1 aromatic heterocycles. The highest BCUT2D eigenvalue weighted by Crippen LogP contribution is 2.28. The molecule has 160 valence electrons. The zero-order valence-corrected chi connectivity index (χ0v) is 18.3. The standard InChI is InChI=1S/C27H19N3O2S/c31-25(20-9-5-2-6-10-20)30-27(33)28-22-15-16-24-23(17-22)29-26(32-24)21-13-11-19(12-14-21)18-7-3-1-4-8-18/h1-17H,(H2,28,30,31,33). The van der Waals surface area contributed by atoms with Gasteiger partial charge in [-0.2, -0.15) is 0 Å². The normalized spacial score (nSPS) is 10.7. The molecule has 0 saturated heterocycles. The maximum atomic E-state index is 12.3. The molecule has 0 aliphatic carbocycles. The Kier molecular flexibility index (Phi) is 5.66. The lowest BCUT2D eigenvalue weighted by Crippen LogP contribution is -2.34. The summed E-state index contributed by atoms with van der Waals surface area (Å²) in [5, 5.41) is 5.92. The number of nitrogens with zero attached hydrogens (tertiary/aromatic N) is 1. The van der Waals surface area contributed by atoms with Gasteiger partial charge in [0.25, 0.3) is 5.91 Å². The Balaban J connectivity index is 1.30. The molecule has 0 aliphatic heterocycles. The SMILES string of the molecule is O=C(NC(=S)Nc1ccc2oc(-c3ccc(-c4ccccc4)cc3)nc2c1)c1ccccc1. The molecule has 0 spiro atoms. The Bertz CT molecular complexity index is 1430. The zero-order chi connectivity index (χ0) is 22.6. The van der Waals surface area contributed by atoms with Crippen molar-refractivity contribution in [3.63, 3.8) is 0 Å². The van der Waals surface area contributed by atoms with E-state index in [0.29, 0.717) is 28.2 Å². The molecule has 4 aromatic carbocycles. The van der Waals surface area contributed by atoms with Crippen LogP contribution in [0.5, 0.6) is 0 Å². The Labute approximate surface area is 196 Å². The van der Waals surface area contributed by atoms with E-state index in [2.05, 4.69) is 39.9 Å². The molecule has 5 nitrogen and oxygen atoms in total. The Hall–Kier alpha value is -4.29. The van der Waals surface area contributed by atoms with Gasteiger partial charge < -0.3 is 9.73 Å². The fraction of sp³-hybridized carbons (Fsp3) is 0. The van der Waals surface area contributed by atoms with Crippen molar-refractivity contribution in [1.29, 1.82) is 0 Å². The molecule has 1 amide bonds. The summed E-state index contributed by atoms with van der Waals surface area (Å²) in [6, 6.07) is 32.7. The number of amides is 1. The largest absolute Gasteiger partial charge is 0.436 e. The van der Waals surface area contributed by atoms with Gasteiger partial charge in [0.05, 0.1) is 0 Å². The minimum Gasteiger partial charge on any atom is -0.436 e. The first-order valence-electron chi connectivity index (χ1n) is 10.4. The second-order valence-electron chi connectivity index (χ2n) is 7.42. The second-order valence-corrected chi connectivity index (χ2v) is 7.83. The minimum atomic E-state index is -0.267. The van der Waals surface area contributed by atoms with Crippen LogP contribution in [0.1, 0.15) is 10.4 Å². The molecule has 5 aromatic rings. The van der Waals surface area contributed by atoms with Gasteiger partial charge in [-0.3, -0.25) is 10.1 Å². The van der Waals surface area contributed by atoms with Crippen LogP contribution in [-0.4, -0.2) is 16.0 Å². The number of benzene rings is 4. The van der Waals surface area contributed by atoms with Crippen LogP contribution in [0.3, 0.4) is 0 Å². The van der Waals surface area contributed by atoms with Crippen LogP contribution >= 0.6 is 12.2 Å². The number of aromatic nitrogens is 1. The van der Waals surface area contributed by atoms with Crippen LogP contribution in [0.2, 0.25) is 0 Å². The lowest BCUT2D eigenvalue weighted by atomic mass is 10.0. The van der Waals surface area contributed by atoms with Crippen molar-refractivity contribution in [3.05, 3.63) is 109 Å². The molecule has 0 saturated carbocycles. The highest BCUT2D eigenvalue weighted by Gasteiger charge is 2.11. The third kappa shape index (κ3) is 4.66. The quantitative estimate of drug-likeness (QED) is 0.316. The van der Waals surface area contributed by atoms with Crippen LogP contribution in [0.4, 0.5) is 5.69 Å². The molecule has 0 aliphatic rings. The van der Waals surface area contributed by atoms with Gasteiger partial charge in [-0.1, -0.05) is 60.7 Å². The van der Waals surface area contributed by atoms with E-state index in [-0.39, 0.29) is 11.0 Å². The number of thiocarbonyl (C=S) groups is 1. The summed E-state index contributed by atoms with van der Waals surface area (Å²) in [7, 11) is 0. The summed E-state index contributed by atoms with van der Waals surface area (Å²) in [5.41, 5.74) is 5.80. The van der Waals surface area contributed by atoms with E-state index in [1.54, 1.807) is 24.3 Å². The molecule has 0 unspecified atom stereocenters. The average Bonchev–Trinajstić information content (AvgIpc) is 3.28. The monoisotopic (exact) mass is 449 g/mol. The smallest absolute Gasteiger partial charge is 0.257 e. The second kappa shape index (κ2) is 9.06. The van der Waals surface area contributed by atoms with Crippen LogP contribution < -0.4 is 10.6 Å². The molecule has 0 fully saturated rings. The van der Waals surface area contributed by atoms with E-state index in [1.165, 1.54) is 0 Å². The minimum absolute atomic E-state index is 0.212. The summed E-state index contributed by atoms with van der Waals surface area (Å²) in [6.45, 7) is 0. The Morgan fingerprint density at radius 2 is 1.39 bits per heavy atom. The average molecular weight is 450 g/mol. The number of hydrogen-bond acceptors (Lipinski definition) is 4. The van der Waals surface area contributed by atoms with Gasteiger partial charge in [-0.15, -0.1) is 0 Å². The summed E-state index contributed by atoms with van der Waals surface area (Å²) in [6.07, 6.45) is 0. The van der Waals surface area contributed by atoms with Crippen molar-refractivity contribution < 1.29 is 9.21 Å². The number of carbonyl (C=O) groups excluding carboxylic acids is 1. The molecule has 6 heteroatoms. The third-order valence-corrected chi connectivity index (χ3v) is 5.35. The van der Waals surface area contributed by atoms with Gasteiger partial charge in [0.1, 0.15) is 5.52 Å². The van der Waals surface area contributed by atoms with E-state index >= 15 is 0 Å². The summed E-state index contributed by atoms with van der Waals surface area (Å²) >= 11 is 5.28. The number of anilines is 1. The number of hydrogen-bond donors (Lipinski definition) is 2. The zero-order valence-electron chi connectivity index (χ0n) is 17.5. The first-order chi connectivity index (χ1) is 16.2. The molecule has 33 heavy (non-hydrogen) atoms. The highest BCUT2D eigenvalue weighted by atomic mass is 32.1. The summed E-state index contributed by atoms with van der Waals surface area (Å²) < 4.78 is 5.94. The first kappa shape index (κ1) is 20.6. The summed E-state index contributed by atoms with van der Waals surface area (Å²) in [4.78, 5) is 16.9. The van der Waals surface area contributed by atoms with Crippen LogP contribution in [-0.2, 0) is 0 Å². The molecule has 2 N–H and O–H groups in total. The van der Waals surface area contributed by atoms with Crippen molar-refractivity contribution in [2.45, 2.75) is 0 Å². The van der Waals surface area contributed by atoms with E-state index in [4.69, 9.17) is 16.6 Å². The number of rotatable bonds is 4. The van der Waals surface area contributed by atoms with Crippen LogP contribution in [0, 0.1) is 0 Å². The third-order valence-electron chi connectivity index (χ3n) is 5.15. The fourth-order valence-electron chi connectivity index (χ4n) is 3.49. The Morgan fingerprint density at radius 3 is 2.12 bits per heavy atom. The van der Waals surface area contributed by atoms with Crippen LogP contribution in [0.15, 0.2) is 108 Å². The number of nitrogens with one attached hydrogen (secondary N) is 2. The van der Waals surface area contributed by atoms with Gasteiger partial charge >= 0.3 is 0 Å². The molecule has 0 bridgehead atoms. The van der Waals surface area contributed by atoms with Gasteiger partial charge in [0.2, 0.25) is 5.89 Å². The molecule has 0 radical (unpaired) electrons. The number of oxazole rings is 1. The Morgan fingerprint density at radius 1 is 0.758 bits per heavy atom. The number of carbonyl (C=O) groups is 1. The van der Waals surface area contributed by atoms with Gasteiger partial charge in [-0.25, -0.2) is 4.98 Å². The molecular formula is C27H19N3O2S. The predicted molar refractivity (Wildman–Crippen MR) is 135 cm³/mol. The highest BCUT2D eigenvalue weighted by molar-refractivity contribution is 7.80. The predicted octanol–water partition coefficient (Wildman–Crippen LogP) is 6.29. The van der Waals surface area contributed by atoms with E-state index < -0.39 is 0 Å². The first-order valence-corrected chi connectivity index (χ1v) is 10.8. The summed E-state index contributed by atoms with van der Waals surface area (Å²) in [5.74, 6) is 0.276. The van der Waals surface area contributed by atoms with Crippen molar-refractivity contribution in [1.82, 2.24) is 10.3 Å². The molecule has 5 rings (SSSR count). The van der Waals surface area contributed by atoms with Crippen LogP contribution in [0.25, 0.3) is 33.7 Å². The fourth-order valence-corrected chi connectivity index (χ4v) is 3.70. The maximum absolute atomic E-state index is 12.3. The lowest BCUT2D eigenvalue weighted by Gasteiger charge is -2.09. The topological polar surface area (TPSA) is 67.2 Å². The molecular weight excluding hydrogens is 430 g/mol. The maximum Gasteiger partial charge on any atom is 0.257 e. The molecule has 0 atom stereocenters. The van der Waals surface area contributed by atoms with Crippen molar-refractivity contribution >= 4 is 40.0 Å². The van der Waals surface area contributed by atoms with E-state index in [9.17, 15) is 4.79 Å². The number of fused-ring (bicyclic) bond motifs is 1. The van der Waals surface area contributed by atoms with E-state index in [0.717, 1.165) is 16.7 Å². The lowest BCUT2D eigenvalue weighted by molar-refractivity contribution is 0.0977. The van der Waals surface area contributed by atoms with E-state index in [1.807, 2.05) is 54.6 Å². The van der Waals surface area contributed by atoms with Gasteiger partial charge in [0.15, 0.2) is 10.7 Å². The van der Waals surface area contributed by atoms with Crippen molar-refractivity contribution in [2.75, 3.05) is 5.32 Å². The van der Waals surface area contributed by atoms with Gasteiger partial charge in [0, 0.05) is 16.8 Å².